The van der Waals surface area contributed by atoms with Crippen LogP contribution < -0.4 is 10.5 Å². The van der Waals surface area contributed by atoms with Crippen LogP contribution in [0.15, 0.2) is 47.2 Å². The molecule has 0 bridgehead atoms. The van der Waals surface area contributed by atoms with Gasteiger partial charge >= 0.3 is 0 Å². The van der Waals surface area contributed by atoms with Crippen molar-refractivity contribution in [3.8, 4) is 24.0 Å². The van der Waals surface area contributed by atoms with Gasteiger partial charge in [0.1, 0.15) is 5.75 Å². The number of ether oxygens (including phenoxy) is 1. The summed E-state index contributed by atoms with van der Waals surface area (Å²) in [5.74, 6) is 0.216. The molecule has 1 aromatic rings. The van der Waals surface area contributed by atoms with E-state index in [1.807, 2.05) is 24.3 Å². The fourth-order valence-electron chi connectivity index (χ4n) is 4.26. The van der Waals surface area contributed by atoms with Gasteiger partial charge in [-0.25, -0.2) is 0 Å². The third kappa shape index (κ3) is 2.52. The van der Waals surface area contributed by atoms with Crippen LogP contribution in [0, 0.1) is 45.3 Å². The largest absolute Gasteiger partial charge is 0.497 e. The Kier molecular flexibility index (Phi) is 4.70. The SMILES string of the molecule is COc1ccc([C@H]2[C@H]3CCCCC=C3C(N)=C(C#N)C2(C#N)C#N)cc1. The Hall–Kier alpha value is -3.23. The fraction of sp³-hybridized carbons (Fsp3) is 0.381. The number of hydrogen-bond donors (Lipinski definition) is 1. The van der Waals surface area contributed by atoms with Gasteiger partial charge in [0.15, 0.2) is 5.41 Å². The molecule has 3 rings (SSSR count). The normalized spacial score (nSPS) is 24.2. The van der Waals surface area contributed by atoms with Crippen molar-refractivity contribution in [2.45, 2.75) is 31.6 Å². The van der Waals surface area contributed by atoms with Gasteiger partial charge in [-0.3, -0.25) is 0 Å². The zero-order valence-corrected chi connectivity index (χ0v) is 14.7. The van der Waals surface area contributed by atoms with E-state index in [-0.39, 0.29) is 11.5 Å². The summed E-state index contributed by atoms with van der Waals surface area (Å²) in [6, 6.07) is 13.8. The van der Waals surface area contributed by atoms with Gasteiger partial charge in [-0.05, 0) is 48.4 Å². The van der Waals surface area contributed by atoms with E-state index in [9.17, 15) is 15.8 Å². The van der Waals surface area contributed by atoms with E-state index in [1.54, 1.807) is 7.11 Å². The second-order valence-corrected chi connectivity index (χ2v) is 6.73. The van der Waals surface area contributed by atoms with E-state index in [4.69, 9.17) is 10.5 Å². The Morgan fingerprint density at radius 2 is 1.81 bits per heavy atom. The number of methoxy groups -OCH3 is 1. The molecule has 0 spiro atoms. The van der Waals surface area contributed by atoms with Crippen molar-refractivity contribution in [3.63, 3.8) is 0 Å². The summed E-state index contributed by atoms with van der Waals surface area (Å²) in [6.07, 6.45) is 5.86. The molecule has 0 amide bonds. The summed E-state index contributed by atoms with van der Waals surface area (Å²) >= 11 is 0. The maximum Gasteiger partial charge on any atom is 0.187 e. The van der Waals surface area contributed by atoms with Crippen LogP contribution in [0.25, 0.3) is 0 Å². The first-order chi connectivity index (χ1) is 12.6. The molecule has 2 aliphatic rings. The highest BCUT2D eigenvalue weighted by molar-refractivity contribution is 5.59. The predicted octanol–water partition coefficient (Wildman–Crippen LogP) is 3.68. The van der Waals surface area contributed by atoms with Gasteiger partial charge in [0, 0.05) is 5.92 Å². The maximum absolute atomic E-state index is 10.00. The Balaban J connectivity index is 2.28. The van der Waals surface area contributed by atoms with E-state index in [0.717, 1.165) is 36.8 Å². The lowest BCUT2D eigenvalue weighted by molar-refractivity contribution is 0.333. The number of nitrogens with zero attached hydrogens (tertiary/aromatic N) is 3. The number of rotatable bonds is 2. The van der Waals surface area contributed by atoms with Crippen molar-refractivity contribution in [2.75, 3.05) is 7.11 Å². The second kappa shape index (κ2) is 6.95. The molecule has 2 atom stereocenters. The molecule has 130 valence electrons. The summed E-state index contributed by atoms with van der Waals surface area (Å²) in [4.78, 5) is 0. The number of nitrogens with two attached hydrogens (primary N) is 1. The van der Waals surface area contributed by atoms with Crippen LogP contribution in [0.2, 0.25) is 0 Å². The minimum absolute atomic E-state index is 0.0534. The number of benzene rings is 1. The van der Waals surface area contributed by atoms with E-state index < -0.39 is 11.3 Å². The van der Waals surface area contributed by atoms with Crippen LogP contribution in [0.5, 0.6) is 5.75 Å². The summed E-state index contributed by atoms with van der Waals surface area (Å²) in [6.45, 7) is 0. The van der Waals surface area contributed by atoms with Crippen molar-refractivity contribution >= 4 is 0 Å². The first-order valence-electron chi connectivity index (χ1n) is 8.70. The predicted molar refractivity (Wildman–Crippen MR) is 96.3 cm³/mol. The lowest BCUT2D eigenvalue weighted by atomic mass is 9.57. The third-order valence-corrected chi connectivity index (χ3v) is 5.52. The average molecular weight is 344 g/mol. The fourth-order valence-corrected chi connectivity index (χ4v) is 4.26. The van der Waals surface area contributed by atoms with E-state index in [1.165, 1.54) is 0 Å². The van der Waals surface area contributed by atoms with E-state index >= 15 is 0 Å². The molecule has 0 aliphatic heterocycles. The summed E-state index contributed by atoms with van der Waals surface area (Å²) < 4.78 is 5.22. The Morgan fingerprint density at radius 1 is 1.12 bits per heavy atom. The smallest absolute Gasteiger partial charge is 0.187 e. The zero-order chi connectivity index (χ0) is 18.7. The Morgan fingerprint density at radius 3 is 2.38 bits per heavy atom. The minimum atomic E-state index is -1.58. The number of hydrogen-bond acceptors (Lipinski definition) is 5. The molecular weight excluding hydrogens is 324 g/mol. The quantitative estimate of drug-likeness (QED) is 0.880. The van der Waals surface area contributed by atoms with E-state index in [0.29, 0.717) is 11.4 Å². The highest BCUT2D eigenvalue weighted by Crippen LogP contribution is 2.55. The Bertz CT molecular complexity index is 876. The summed E-state index contributed by atoms with van der Waals surface area (Å²) in [5.41, 5.74) is 6.87. The standard InChI is InChI=1S/C21H20N4O/c1-26-15-9-7-14(8-10-15)19-16-5-3-2-4-6-17(16)20(25)18(11-22)21(19,12-23)13-24/h6-10,16,19H,2-5,25H2,1H3/t16-,19-/m0/s1. The molecule has 0 saturated carbocycles. The topological polar surface area (TPSA) is 107 Å². The van der Waals surface area contributed by atoms with Crippen LogP contribution in [0.4, 0.5) is 0 Å². The molecular formula is C21H20N4O. The minimum Gasteiger partial charge on any atom is -0.497 e. The maximum atomic E-state index is 10.00. The second-order valence-electron chi connectivity index (χ2n) is 6.73. The van der Waals surface area contributed by atoms with Crippen molar-refractivity contribution in [1.29, 1.82) is 15.8 Å². The molecule has 2 aliphatic carbocycles. The third-order valence-electron chi connectivity index (χ3n) is 5.52. The molecule has 2 N–H and O–H groups in total. The first-order valence-corrected chi connectivity index (χ1v) is 8.70. The van der Waals surface area contributed by atoms with Crippen LogP contribution in [0.3, 0.4) is 0 Å². The van der Waals surface area contributed by atoms with Gasteiger partial charge in [-0.2, -0.15) is 15.8 Å². The van der Waals surface area contributed by atoms with Crippen LogP contribution in [-0.4, -0.2) is 7.11 Å². The van der Waals surface area contributed by atoms with Gasteiger partial charge in [0.2, 0.25) is 0 Å². The van der Waals surface area contributed by atoms with Crippen LogP contribution in [-0.2, 0) is 0 Å². The molecule has 0 aromatic heterocycles. The molecule has 0 saturated heterocycles. The molecule has 26 heavy (non-hydrogen) atoms. The number of fused-ring (bicyclic) bond motifs is 1. The van der Waals surface area contributed by atoms with Gasteiger partial charge in [0.25, 0.3) is 0 Å². The Labute approximate surface area is 153 Å². The lowest BCUT2D eigenvalue weighted by Crippen LogP contribution is -2.40. The average Bonchev–Trinajstić information content (AvgIpc) is 2.94. The first kappa shape index (κ1) is 17.6. The van der Waals surface area contributed by atoms with Crippen molar-refractivity contribution in [1.82, 2.24) is 0 Å². The van der Waals surface area contributed by atoms with Crippen molar-refractivity contribution in [2.24, 2.45) is 17.1 Å². The van der Waals surface area contributed by atoms with Crippen molar-refractivity contribution in [3.05, 3.63) is 52.7 Å². The number of nitriles is 3. The molecule has 1 aromatic carbocycles. The zero-order valence-electron chi connectivity index (χ0n) is 14.7. The summed E-state index contributed by atoms with van der Waals surface area (Å²) in [7, 11) is 1.59. The van der Waals surface area contributed by atoms with Crippen LogP contribution >= 0.6 is 0 Å². The van der Waals surface area contributed by atoms with Gasteiger partial charge in [0.05, 0.1) is 36.6 Å². The highest BCUT2D eigenvalue weighted by atomic mass is 16.5. The van der Waals surface area contributed by atoms with Crippen LogP contribution in [0.1, 0.15) is 37.2 Å². The van der Waals surface area contributed by atoms with E-state index in [2.05, 4.69) is 24.3 Å². The number of allylic oxidation sites excluding steroid dienone is 3. The molecule has 5 heteroatoms. The van der Waals surface area contributed by atoms with Gasteiger partial charge in [-0.15, -0.1) is 0 Å². The van der Waals surface area contributed by atoms with Gasteiger partial charge in [-0.1, -0.05) is 24.6 Å². The highest BCUT2D eigenvalue weighted by Gasteiger charge is 2.53. The molecule has 0 radical (unpaired) electrons. The van der Waals surface area contributed by atoms with Gasteiger partial charge < -0.3 is 10.5 Å². The monoisotopic (exact) mass is 344 g/mol. The summed E-state index contributed by atoms with van der Waals surface area (Å²) in [5, 5.41) is 29.7. The lowest BCUT2D eigenvalue weighted by Gasteiger charge is -2.41. The molecule has 5 nitrogen and oxygen atoms in total. The molecule has 0 heterocycles. The molecule has 0 fully saturated rings. The molecule has 0 unspecified atom stereocenters. The van der Waals surface area contributed by atoms with Crippen molar-refractivity contribution < 1.29 is 4.74 Å².